The zero-order valence-corrected chi connectivity index (χ0v) is 11.6. The summed E-state index contributed by atoms with van der Waals surface area (Å²) < 4.78 is 2.00. The van der Waals surface area contributed by atoms with Crippen molar-refractivity contribution < 1.29 is 5.11 Å². The highest BCUT2D eigenvalue weighted by Crippen LogP contribution is 2.24. The maximum Gasteiger partial charge on any atom is 0.0991 e. The molecular weight excluding hydrogens is 250 g/mol. The van der Waals surface area contributed by atoms with Gasteiger partial charge >= 0.3 is 0 Å². The van der Waals surface area contributed by atoms with Crippen molar-refractivity contribution in [1.82, 2.24) is 14.9 Å². The van der Waals surface area contributed by atoms with E-state index in [1.165, 1.54) is 5.56 Å². The lowest BCUT2D eigenvalue weighted by atomic mass is 10.1. The Morgan fingerprint density at radius 2 is 2.10 bits per heavy atom. The summed E-state index contributed by atoms with van der Waals surface area (Å²) in [6.45, 7) is 1.89. The van der Waals surface area contributed by atoms with Gasteiger partial charge in [0.05, 0.1) is 12.4 Å². The highest BCUT2D eigenvalue weighted by atomic mass is 16.3. The molecule has 2 unspecified atom stereocenters. The van der Waals surface area contributed by atoms with Gasteiger partial charge in [-0.1, -0.05) is 12.1 Å². The molecule has 4 heteroatoms. The molecule has 1 aromatic carbocycles. The van der Waals surface area contributed by atoms with E-state index in [0.717, 1.165) is 38.0 Å². The fourth-order valence-corrected chi connectivity index (χ4v) is 2.85. The molecule has 2 atom stereocenters. The molecule has 2 N–H and O–H groups in total. The summed E-state index contributed by atoms with van der Waals surface area (Å²) in [4.78, 5) is 4.05. The summed E-state index contributed by atoms with van der Waals surface area (Å²) >= 11 is 0. The molecule has 3 rings (SSSR count). The van der Waals surface area contributed by atoms with Crippen LogP contribution in [0.5, 0.6) is 0 Å². The second-order valence-electron chi connectivity index (χ2n) is 5.60. The van der Waals surface area contributed by atoms with Crippen molar-refractivity contribution in [3.05, 3.63) is 48.5 Å². The number of hydrogen-bond acceptors (Lipinski definition) is 3. The third-order valence-corrected chi connectivity index (χ3v) is 4.01. The van der Waals surface area contributed by atoms with E-state index in [1.54, 1.807) is 12.5 Å². The van der Waals surface area contributed by atoms with Crippen molar-refractivity contribution in [3.8, 4) is 5.69 Å². The van der Waals surface area contributed by atoms with Gasteiger partial charge in [-0.2, -0.15) is 0 Å². The normalized spacial score (nSPS) is 22.2. The quantitative estimate of drug-likeness (QED) is 0.876. The van der Waals surface area contributed by atoms with Crippen molar-refractivity contribution >= 4 is 0 Å². The van der Waals surface area contributed by atoms with Crippen LogP contribution in [-0.4, -0.2) is 27.3 Å². The van der Waals surface area contributed by atoms with Gasteiger partial charge in [0.15, 0.2) is 0 Å². The summed E-state index contributed by atoms with van der Waals surface area (Å²) in [7, 11) is 0. The van der Waals surface area contributed by atoms with Crippen LogP contribution in [0.25, 0.3) is 5.69 Å². The zero-order chi connectivity index (χ0) is 13.8. The van der Waals surface area contributed by atoms with Crippen LogP contribution in [0.2, 0.25) is 0 Å². The SMILES string of the molecule is OC1CCC(CNCc2ccc(-n3ccnc3)cc2)C1. The van der Waals surface area contributed by atoms with Crippen molar-refractivity contribution in [1.29, 1.82) is 0 Å². The molecule has 0 radical (unpaired) electrons. The van der Waals surface area contributed by atoms with E-state index in [4.69, 9.17) is 0 Å². The molecule has 0 bridgehead atoms. The molecule has 1 aliphatic carbocycles. The number of nitrogens with one attached hydrogen (secondary N) is 1. The first kappa shape index (κ1) is 13.3. The molecule has 1 aromatic heterocycles. The number of benzene rings is 1. The van der Waals surface area contributed by atoms with Gasteiger partial charge in [0.25, 0.3) is 0 Å². The van der Waals surface area contributed by atoms with Crippen LogP contribution in [0.1, 0.15) is 24.8 Å². The number of aliphatic hydroxyl groups is 1. The fourth-order valence-electron chi connectivity index (χ4n) is 2.85. The number of rotatable bonds is 5. The van der Waals surface area contributed by atoms with Gasteiger partial charge in [-0.05, 0) is 49.4 Å². The van der Waals surface area contributed by atoms with Crippen LogP contribution < -0.4 is 5.32 Å². The highest BCUT2D eigenvalue weighted by molar-refractivity contribution is 5.34. The maximum absolute atomic E-state index is 9.50. The topological polar surface area (TPSA) is 50.1 Å². The standard InChI is InChI=1S/C16H21N3O/c20-16-6-3-14(9-16)11-18-10-13-1-4-15(5-2-13)19-8-7-17-12-19/h1-2,4-5,7-8,12,14,16,18,20H,3,6,9-11H2. The second kappa shape index (κ2) is 6.20. The minimum absolute atomic E-state index is 0.0729. The molecule has 2 aromatic rings. The maximum atomic E-state index is 9.50. The number of aromatic nitrogens is 2. The number of imidazole rings is 1. The zero-order valence-electron chi connectivity index (χ0n) is 11.6. The Labute approximate surface area is 119 Å². The summed E-state index contributed by atoms with van der Waals surface area (Å²) in [6, 6.07) is 8.51. The molecule has 1 aliphatic rings. The largest absolute Gasteiger partial charge is 0.393 e. The smallest absolute Gasteiger partial charge is 0.0991 e. The molecule has 1 heterocycles. The van der Waals surface area contributed by atoms with Crippen LogP contribution in [-0.2, 0) is 6.54 Å². The molecule has 4 nitrogen and oxygen atoms in total. The molecule has 106 valence electrons. The van der Waals surface area contributed by atoms with Crippen LogP contribution in [0.3, 0.4) is 0 Å². The fraction of sp³-hybridized carbons (Fsp3) is 0.438. The van der Waals surface area contributed by atoms with E-state index in [-0.39, 0.29) is 6.10 Å². The molecule has 0 amide bonds. The third kappa shape index (κ3) is 3.26. The Bertz CT molecular complexity index is 521. The highest BCUT2D eigenvalue weighted by Gasteiger charge is 2.21. The third-order valence-electron chi connectivity index (χ3n) is 4.01. The number of nitrogens with zero attached hydrogens (tertiary/aromatic N) is 2. The molecule has 1 fully saturated rings. The van der Waals surface area contributed by atoms with E-state index in [9.17, 15) is 5.11 Å². The molecule has 0 spiro atoms. The van der Waals surface area contributed by atoms with Crippen molar-refractivity contribution in [2.45, 2.75) is 31.9 Å². The van der Waals surface area contributed by atoms with Gasteiger partial charge in [-0.3, -0.25) is 0 Å². The van der Waals surface area contributed by atoms with Crippen LogP contribution >= 0.6 is 0 Å². The van der Waals surface area contributed by atoms with Crippen molar-refractivity contribution in [2.75, 3.05) is 6.54 Å². The van der Waals surface area contributed by atoms with E-state index >= 15 is 0 Å². The first-order valence-corrected chi connectivity index (χ1v) is 7.27. The summed E-state index contributed by atoms with van der Waals surface area (Å²) in [5, 5.41) is 13.0. The predicted octanol–water partition coefficient (Wildman–Crippen LogP) is 2.12. The Morgan fingerprint density at radius 3 is 2.75 bits per heavy atom. The van der Waals surface area contributed by atoms with Gasteiger partial charge in [0, 0.05) is 24.6 Å². The lowest BCUT2D eigenvalue weighted by Crippen LogP contribution is -2.21. The first-order valence-electron chi connectivity index (χ1n) is 7.27. The molecule has 0 saturated heterocycles. The number of hydrogen-bond donors (Lipinski definition) is 2. The summed E-state index contributed by atoms with van der Waals surface area (Å²) in [6.07, 6.45) is 8.52. The first-order chi connectivity index (χ1) is 9.81. The van der Waals surface area contributed by atoms with E-state index in [1.807, 2.05) is 10.8 Å². The molecule has 0 aliphatic heterocycles. The average molecular weight is 271 g/mol. The van der Waals surface area contributed by atoms with Gasteiger partial charge in [0.1, 0.15) is 0 Å². The monoisotopic (exact) mass is 271 g/mol. The Morgan fingerprint density at radius 1 is 1.25 bits per heavy atom. The predicted molar refractivity (Wildman–Crippen MR) is 78.6 cm³/mol. The van der Waals surface area contributed by atoms with E-state index < -0.39 is 0 Å². The van der Waals surface area contributed by atoms with E-state index in [0.29, 0.717) is 5.92 Å². The van der Waals surface area contributed by atoms with Gasteiger partial charge in [-0.15, -0.1) is 0 Å². The van der Waals surface area contributed by atoms with Gasteiger partial charge < -0.3 is 15.0 Å². The summed E-state index contributed by atoms with van der Waals surface area (Å²) in [5.74, 6) is 0.634. The Kier molecular flexibility index (Phi) is 4.14. The van der Waals surface area contributed by atoms with Gasteiger partial charge in [-0.25, -0.2) is 4.98 Å². The lowest BCUT2D eigenvalue weighted by molar-refractivity contribution is 0.177. The Hall–Kier alpha value is -1.65. The van der Waals surface area contributed by atoms with Crippen molar-refractivity contribution in [3.63, 3.8) is 0 Å². The second-order valence-corrected chi connectivity index (χ2v) is 5.60. The molecular formula is C16H21N3O. The number of aliphatic hydroxyl groups excluding tert-OH is 1. The van der Waals surface area contributed by atoms with Crippen molar-refractivity contribution in [2.24, 2.45) is 5.92 Å². The van der Waals surface area contributed by atoms with Crippen LogP contribution in [0, 0.1) is 5.92 Å². The average Bonchev–Trinajstić information content (AvgIpc) is 3.11. The van der Waals surface area contributed by atoms with E-state index in [2.05, 4.69) is 34.6 Å². The summed E-state index contributed by atoms with van der Waals surface area (Å²) in [5.41, 5.74) is 2.41. The molecule has 20 heavy (non-hydrogen) atoms. The Balaban J connectivity index is 1.49. The van der Waals surface area contributed by atoms with Crippen LogP contribution in [0.4, 0.5) is 0 Å². The van der Waals surface area contributed by atoms with Gasteiger partial charge in [0.2, 0.25) is 0 Å². The minimum atomic E-state index is -0.0729. The molecule has 1 saturated carbocycles. The lowest BCUT2D eigenvalue weighted by Gasteiger charge is -2.11. The minimum Gasteiger partial charge on any atom is -0.393 e. The van der Waals surface area contributed by atoms with Crippen LogP contribution in [0.15, 0.2) is 43.0 Å².